The maximum absolute atomic E-state index is 13.6. The second-order valence-electron chi connectivity index (χ2n) is 5.57. The molecule has 0 aromatic heterocycles. The maximum atomic E-state index is 13.6. The molecule has 110 valence electrons. The molecule has 2 nitrogen and oxygen atoms in total. The molecule has 0 spiro atoms. The first-order valence-electron chi connectivity index (χ1n) is 7.36. The van der Waals surface area contributed by atoms with Crippen LogP contribution in [0.1, 0.15) is 50.5 Å². The number of amides is 1. The zero-order chi connectivity index (χ0) is 14.4. The minimum atomic E-state index is -0.275. The molecule has 1 aromatic rings. The summed E-state index contributed by atoms with van der Waals surface area (Å²) >= 11 is 3.31. The minimum absolute atomic E-state index is 0.0382. The Balaban J connectivity index is 1.81. The Morgan fingerprint density at radius 2 is 1.95 bits per heavy atom. The van der Waals surface area contributed by atoms with E-state index in [9.17, 15) is 9.18 Å². The van der Waals surface area contributed by atoms with E-state index in [1.54, 1.807) is 12.1 Å². The highest BCUT2D eigenvalue weighted by Gasteiger charge is 2.16. The van der Waals surface area contributed by atoms with Gasteiger partial charge < -0.3 is 5.32 Å². The third kappa shape index (κ3) is 4.89. The summed E-state index contributed by atoms with van der Waals surface area (Å²) in [5.41, 5.74) is 0.522. The van der Waals surface area contributed by atoms with Crippen LogP contribution in [0.4, 0.5) is 4.39 Å². The van der Waals surface area contributed by atoms with Gasteiger partial charge in [-0.2, -0.15) is 0 Å². The van der Waals surface area contributed by atoms with Crippen LogP contribution in [0.3, 0.4) is 0 Å². The van der Waals surface area contributed by atoms with Crippen molar-refractivity contribution in [2.75, 3.05) is 0 Å². The van der Waals surface area contributed by atoms with E-state index in [1.165, 1.54) is 31.7 Å². The lowest BCUT2D eigenvalue weighted by molar-refractivity contribution is -0.122. The fraction of sp³-hybridized carbons (Fsp3) is 0.562. The van der Waals surface area contributed by atoms with Crippen molar-refractivity contribution in [3.05, 3.63) is 34.1 Å². The molecule has 4 heteroatoms. The second kappa shape index (κ2) is 7.77. The van der Waals surface area contributed by atoms with Gasteiger partial charge in [-0.3, -0.25) is 4.79 Å². The highest BCUT2D eigenvalue weighted by Crippen LogP contribution is 2.25. The highest BCUT2D eigenvalue weighted by atomic mass is 79.9. The molecule has 0 heterocycles. The van der Waals surface area contributed by atoms with Crippen molar-refractivity contribution < 1.29 is 9.18 Å². The Labute approximate surface area is 128 Å². The minimum Gasteiger partial charge on any atom is -0.352 e. The van der Waals surface area contributed by atoms with Crippen molar-refractivity contribution in [1.82, 2.24) is 5.32 Å². The van der Waals surface area contributed by atoms with Crippen LogP contribution in [0.15, 0.2) is 22.7 Å². The van der Waals surface area contributed by atoms with E-state index in [2.05, 4.69) is 21.2 Å². The number of nitrogens with one attached hydrogen (secondary N) is 1. The number of rotatable bonds is 4. The van der Waals surface area contributed by atoms with Crippen molar-refractivity contribution >= 4 is 21.8 Å². The first-order valence-corrected chi connectivity index (χ1v) is 8.15. The third-order valence-corrected chi connectivity index (χ3v) is 4.43. The lowest BCUT2D eigenvalue weighted by atomic mass is 9.96. The van der Waals surface area contributed by atoms with E-state index < -0.39 is 0 Å². The quantitative estimate of drug-likeness (QED) is 0.798. The van der Waals surface area contributed by atoms with E-state index in [4.69, 9.17) is 0 Å². The molecule has 0 saturated heterocycles. The van der Waals surface area contributed by atoms with Gasteiger partial charge in [0.25, 0.3) is 0 Å². The molecule has 1 saturated carbocycles. The van der Waals surface area contributed by atoms with Crippen molar-refractivity contribution in [3.63, 3.8) is 0 Å². The van der Waals surface area contributed by atoms with Gasteiger partial charge in [-0.05, 0) is 37.0 Å². The van der Waals surface area contributed by atoms with Crippen molar-refractivity contribution in [2.24, 2.45) is 5.92 Å². The summed E-state index contributed by atoms with van der Waals surface area (Å²) in [7, 11) is 0. The molecule has 0 atom stereocenters. The van der Waals surface area contributed by atoms with Crippen LogP contribution < -0.4 is 5.32 Å². The first kappa shape index (κ1) is 15.5. The predicted octanol–water partition coefficient (Wildman–Crippen LogP) is 4.56. The SMILES string of the molecule is O=C(CC1CCCCCC1)NCc1cc(Br)ccc1F. The summed E-state index contributed by atoms with van der Waals surface area (Å²) in [6, 6.07) is 4.78. The number of hydrogen-bond donors (Lipinski definition) is 1. The van der Waals surface area contributed by atoms with E-state index in [0.717, 1.165) is 17.3 Å². The second-order valence-corrected chi connectivity index (χ2v) is 6.49. The standard InChI is InChI=1S/C16H21BrFNO/c17-14-7-8-15(18)13(10-14)11-19-16(20)9-12-5-3-1-2-4-6-12/h7-8,10,12H,1-6,9,11H2,(H,19,20). The Bertz CT molecular complexity index is 456. The van der Waals surface area contributed by atoms with Gasteiger partial charge >= 0.3 is 0 Å². The maximum Gasteiger partial charge on any atom is 0.220 e. The Morgan fingerprint density at radius 1 is 1.25 bits per heavy atom. The fourth-order valence-corrected chi connectivity index (χ4v) is 3.18. The van der Waals surface area contributed by atoms with Gasteiger partial charge in [0.2, 0.25) is 5.91 Å². The van der Waals surface area contributed by atoms with Crippen molar-refractivity contribution in [2.45, 2.75) is 51.5 Å². The summed E-state index contributed by atoms with van der Waals surface area (Å²) in [5, 5.41) is 2.83. The van der Waals surface area contributed by atoms with Gasteiger partial charge in [0, 0.05) is 23.0 Å². The largest absolute Gasteiger partial charge is 0.352 e. The average Bonchev–Trinajstić information content (AvgIpc) is 2.68. The molecule has 1 fully saturated rings. The van der Waals surface area contributed by atoms with Gasteiger partial charge in [0.15, 0.2) is 0 Å². The Kier molecular flexibility index (Phi) is 6.02. The van der Waals surface area contributed by atoms with Crippen LogP contribution in [0.5, 0.6) is 0 Å². The summed E-state index contributed by atoms with van der Waals surface area (Å²) in [4.78, 5) is 11.9. The molecule has 1 amide bonds. The van der Waals surface area contributed by atoms with Crippen LogP contribution in [0.25, 0.3) is 0 Å². The van der Waals surface area contributed by atoms with Crippen LogP contribution in [-0.2, 0) is 11.3 Å². The van der Waals surface area contributed by atoms with E-state index in [-0.39, 0.29) is 18.3 Å². The smallest absolute Gasteiger partial charge is 0.220 e. The van der Waals surface area contributed by atoms with E-state index in [1.807, 2.05) is 0 Å². The molecular weight excluding hydrogens is 321 g/mol. The van der Waals surface area contributed by atoms with Crippen LogP contribution in [0, 0.1) is 11.7 Å². The molecule has 0 aliphatic heterocycles. The molecule has 20 heavy (non-hydrogen) atoms. The molecule has 2 rings (SSSR count). The summed E-state index contributed by atoms with van der Waals surface area (Å²) in [6.45, 7) is 0.261. The van der Waals surface area contributed by atoms with Crippen molar-refractivity contribution in [1.29, 1.82) is 0 Å². The molecule has 0 radical (unpaired) electrons. The van der Waals surface area contributed by atoms with Gasteiger partial charge in [0.05, 0.1) is 0 Å². The third-order valence-electron chi connectivity index (χ3n) is 3.93. The van der Waals surface area contributed by atoms with Gasteiger partial charge in [-0.1, -0.05) is 41.6 Å². The number of hydrogen-bond acceptors (Lipinski definition) is 1. The number of carbonyl (C=O) groups excluding carboxylic acids is 1. The molecule has 1 aliphatic rings. The Hall–Kier alpha value is -0.900. The van der Waals surface area contributed by atoms with Crippen LogP contribution in [0.2, 0.25) is 0 Å². The van der Waals surface area contributed by atoms with Crippen molar-refractivity contribution in [3.8, 4) is 0 Å². The van der Waals surface area contributed by atoms with Gasteiger partial charge in [0.1, 0.15) is 5.82 Å². The monoisotopic (exact) mass is 341 g/mol. The predicted molar refractivity (Wildman–Crippen MR) is 81.8 cm³/mol. The highest BCUT2D eigenvalue weighted by molar-refractivity contribution is 9.10. The summed E-state index contributed by atoms with van der Waals surface area (Å²) < 4.78 is 14.4. The van der Waals surface area contributed by atoms with E-state index >= 15 is 0 Å². The fourth-order valence-electron chi connectivity index (χ4n) is 2.77. The summed E-state index contributed by atoms with van der Waals surface area (Å²) in [5.74, 6) is 0.268. The normalized spacial score (nSPS) is 16.7. The lowest BCUT2D eigenvalue weighted by Crippen LogP contribution is -2.25. The van der Waals surface area contributed by atoms with Crippen LogP contribution in [-0.4, -0.2) is 5.91 Å². The van der Waals surface area contributed by atoms with E-state index in [0.29, 0.717) is 17.9 Å². The molecule has 0 unspecified atom stereocenters. The van der Waals surface area contributed by atoms with Crippen LogP contribution >= 0.6 is 15.9 Å². The molecule has 0 bridgehead atoms. The zero-order valence-electron chi connectivity index (χ0n) is 11.6. The van der Waals surface area contributed by atoms with Gasteiger partial charge in [-0.15, -0.1) is 0 Å². The molecule has 1 N–H and O–H groups in total. The Morgan fingerprint density at radius 3 is 2.65 bits per heavy atom. The first-order chi connectivity index (χ1) is 9.65. The molecular formula is C16H21BrFNO. The molecule has 1 aliphatic carbocycles. The molecule has 1 aromatic carbocycles. The average molecular weight is 342 g/mol. The number of halogens is 2. The zero-order valence-corrected chi connectivity index (χ0v) is 13.2. The topological polar surface area (TPSA) is 29.1 Å². The summed E-state index contributed by atoms with van der Waals surface area (Å²) in [6.07, 6.45) is 7.94. The number of carbonyl (C=O) groups is 1. The lowest BCUT2D eigenvalue weighted by Gasteiger charge is -2.14. The number of benzene rings is 1. The van der Waals surface area contributed by atoms with Gasteiger partial charge in [-0.25, -0.2) is 4.39 Å².